The van der Waals surface area contributed by atoms with E-state index in [1.807, 2.05) is 0 Å². The van der Waals surface area contributed by atoms with Crippen molar-refractivity contribution in [2.24, 2.45) is 0 Å². The summed E-state index contributed by atoms with van der Waals surface area (Å²) in [5.74, 6) is -0.336. The average Bonchev–Trinajstić information content (AvgIpc) is 2.74. The highest BCUT2D eigenvalue weighted by molar-refractivity contribution is 7.89. The molecule has 1 amide bonds. The average molecular weight is 440 g/mol. The van der Waals surface area contributed by atoms with E-state index in [4.69, 9.17) is 4.74 Å². The van der Waals surface area contributed by atoms with Gasteiger partial charge in [-0.2, -0.15) is 13.1 Å². The number of methoxy groups -OCH3 is 1. The van der Waals surface area contributed by atoms with E-state index in [-0.39, 0.29) is 21.9 Å². The number of nitrogens with zero attached hydrogens (tertiary/aromatic N) is 1. The van der Waals surface area contributed by atoms with Crippen LogP contribution >= 0.6 is 0 Å². The number of rotatable bonds is 7. The van der Waals surface area contributed by atoms with Crippen LogP contribution in [0.3, 0.4) is 0 Å². The first-order valence-electron chi connectivity index (χ1n) is 9.35. The first-order chi connectivity index (χ1) is 14.3. The zero-order valence-corrected chi connectivity index (χ0v) is 17.1. The molecule has 1 aliphatic rings. The summed E-state index contributed by atoms with van der Waals surface area (Å²) in [6.45, 7) is -2.04. The highest BCUT2D eigenvalue weighted by Gasteiger charge is 2.27. The summed E-state index contributed by atoms with van der Waals surface area (Å²) in [6.07, 6.45) is 2.62. The van der Waals surface area contributed by atoms with Gasteiger partial charge in [0.25, 0.3) is 5.91 Å². The van der Waals surface area contributed by atoms with Crippen LogP contribution in [0, 0.1) is 0 Å². The van der Waals surface area contributed by atoms with Crippen LogP contribution in [0.1, 0.15) is 29.6 Å². The van der Waals surface area contributed by atoms with Gasteiger partial charge in [0.15, 0.2) is 0 Å². The van der Waals surface area contributed by atoms with Gasteiger partial charge < -0.3 is 14.8 Å². The second-order valence-corrected chi connectivity index (χ2v) is 8.62. The van der Waals surface area contributed by atoms with E-state index < -0.39 is 22.5 Å². The molecule has 0 atom stereocenters. The van der Waals surface area contributed by atoms with Gasteiger partial charge in [-0.15, -0.1) is 0 Å². The number of anilines is 1. The molecule has 1 aliphatic heterocycles. The summed E-state index contributed by atoms with van der Waals surface area (Å²) >= 11 is 0. The van der Waals surface area contributed by atoms with Crippen LogP contribution in [-0.4, -0.2) is 45.4 Å². The molecule has 0 unspecified atom stereocenters. The second-order valence-electron chi connectivity index (χ2n) is 6.68. The maximum Gasteiger partial charge on any atom is 0.387 e. The standard InChI is InChI=1S/C20H22F2N2O5S/c1-28-18-10-9-16(30(26,27)24-11-3-2-4-12-24)13-17(18)23-19(25)14-5-7-15(8-6-14)29-20(21)22/h5-10,13,20H,2-4,11-12H2,1H3,(H,23,25). The smallest absolute Gasteiger partial charge is 0.387 e. The summed E-state index contributed by atoms with van der Waals surface area (Å²) < 4.78 is 61.3. The van der Waals surface area contributed by atoms with E-state index in [1.165, 1.54) is 53.9 Å². The lowest BCUT2D eigenvalue weighted by molar-refractivity contribution is -0.0498. The molecule has 30 heavy (non-hydrogen) atoms. The molecule has 2 aromatic carbocycles. The third-order valence-electron chi connectivity index (χ3n) is 4.71. The number of hydrogen-bond donors (Lipinski definition) is 1. The number of amides is 1. The van der Waals surface area contributed by atoms with Crippen LogP contribution in [0.25, 0.3) is 0 Å². The van der Waals surface area contributed by atoms with Crippen molar-refractivity contribution < 1.29 is 31.5 Å². The fourth-order valence-electron chi connectivity index (χ4n) is 3.18. The Hall–Kier alpha value is -2.72. The van der Waals surface area contributed by atoms with Crippen molar-refractivity contribution in [3.05, 3.63) is 48.0 Å². The van der Waals surface area contributed by atoms with Crippen molar-refractivity contribution in [3.63, 3.8) is 0 Å². The number of nitrogens with one attached hydrogen (secondary N) is 1. The Bertz CT molecular complexity index is 991. The Morgan fingerprint density at radius 1 is 1.07 bits per heavy atom. The molecule has 0 radical (unpaired) electrons. The zero-order chi connectivity index (χ0) is 21.7. The van der Waals surface area contributed by atoms with Crippen molar-refractivity contribution in [3.8, 4) is 11.5 Å². The SMILES string of the molecule is COc1ccc(S(=O)(=O)N2CCCCC2)cc1NC(=O)c1ccc(OC(F)F)cc1. The second kappa shape index (κ2) is 9.40. The van der Waals surface area contributed by atoms with Crippen LogP contribution < -0.4 is 14.8 Å². The number of benzene rings is 2. The molecule has 10 heteroatoms. The van der Waals surface area contributed by atoms with E-state index >= 15 is 0 Å². The maximum atomic E-state index is 12.9. The van der Waals surface area contributed by atoms with Crippen LogP contribution in [0.5, 0.6) is 11.5 Å². The lowest BCUT2D eigenvalue weighted by Gasteiger charge is -2.26. The van der Waals surface area contributed by atoms with Gasteiger partial charge in [0.05, 0.1) is 17.7 Å². The van der Waals surface area contributed by atoms with Crippen molar-refractivity contribution in [1.82, 2.24) is 4.31 Å². The zero-order valence-electron chi connectivity index (χ0n) is 16.3. The molecule has 0 bridgehead atoms. The predicted octanol–water partition coefficient (Wildman–Crippen LogP) is 3.72. The predicted molar refractivity (Wildman–Crippen MR) is 107 cm³/mol. The summed E-state index contributed by atoms with van der Waals surface area (Å²) in [5.41, 5.74) is 0.372. The molecule has 7 nitrogen and oxygen atoms in total. The van der Waals surface area contributed by atoms with Crippen molar-refractivity contribution >= 4 is 21.6 Å². The van der Waals surface area contributed by atoms with Gasteiger partial charge in [-0.05, 0) is 55.3 Å². The van der Waals surface area contributed by atoms with Gasteiger partial charge >= 0.3 is 6.61 Å². The largest absolute Gasteiger partial charge is 0.495 e. The molecule has 162 valence electrons. The van der Waals surface area contributed by atoms with Crippen LogP contribution in [0.4, 0.5) is 14.5 Å². The van der Waals surface area contributed by atoms with Crippen molar-refractivity contribution in [1.29, 1.82) is 0 Å². The Kier molecular flexibility index (Phi) is 6.88. The number of hydrogen-bond acceptors (Lipinski definition) is 5. The number of alkyl halides is 2. The minimum atomic E-state index is -3.69. The maximum absolute atomic E-state index is 12.9. The monoisotopic (exact) mass is 440 g/mol. The Morgan fingerprint density at radius 2 is 1.73 bits per heavy atom. The molecule has 0 aromatic heterocycles. The van der Waals surface area contributed by atoms with Crippen LogP contribution in [0.2, 0.25) is 0 Å². The van der Waals surface area contributed by atoms with E-state index in [2.05, 4.69) is 10.1 Å². The molecule has 1 N–H and O–H groups in total. The highest BCUT2D eigenvalue weighted by Crippen LogP contribution is 2.30. The Morgan fingerprint density at radius 3 is 2.33 bits per heavy atom. The highest BCUT2D eigenvalue weighted by atomic mass is 32.2. The van der Waals surface area contributed by atoms with E-state index in [0.29, 0.717) is 18.8 Å². The lowest BCUT2D eigenvalue weighted by Crippen LogP contribution is -2.35. The third-order valence-corrected chi connectivity index (χ3v) is 6.61. The fourth-order valence-corrected chi connectivity index (χ4v) is 4.73. The topological polar surface area (TPSA) is 84.9 Å². The van der Waals surface area contributed by atoms with Gasteiger partial charge in [0.1, 0.15) is 11.5 Å². The van der Waals surface area contributed by atoms with E-state index in [0.717, 1.165) is 19.3 Å². The summed E-state index contributed by atoms with van der Waals surface area (Å²) in [4.78, 5) is 12.6. The number of carbonyl (C=O) groups excluding carboxylic acids is 1. The molecule has 1 fully saturated rings. The number of ether oxygens (including phenoxy) is 2. The van der Waals surface area contributed by atoms with Crippen LogP contribution in [0.15, 0.2) is 47.4 Å². The quantitative estimate of drug-likeness (QED) is 0.709. The van der Waals surface area contributed by atoms with Crippen molar-refractivity contribution in [2.45, 2.75) is 30.8 Å². The Balaban J connectivity index is 1.82. The summed E-state index contributed by atoms with van der Waals surface area (Å²) in [7, 11) is -2.29. The van der Waals surface area contributed by atoms with E-state index in [9.17, 15) is 22.0 Å². The summed E-state index contributed by atoms with van der Waals surface area (Å²) in [5, 5.41) is 2.62. The molecular formula is C20H22F2N2O5S. The van der Waals surface area contributed by atoms with Gasteiger partial charge in [0, 0.05) is 18.7 Å². The van der Waals surface area contributed by atoms with Gasteiger partial charge in [0.2, 0.25) is 10.0 Å². The number of piperidine rings is 1. The third kappa shape index (κ3) is 5.06. The molecule has 2 aromatic rings. The number of halogens is 2. The lowest BCUT2D eigenvalue weighted by atomic mass is 10.2. The van der Waals surface area contributed by atoms with Gasteiger partial charge in [-0.25, -0.2) is 8.42 Å². The molecule has 0 saturated carbocycles. The number of sulfonamides is 1. The number of carbonyl (C=O) groups is 1. The Labute approximate surface area is 173 Å². The fraction of sp³-hybridized carbons (Fsp3) is 0.350. The van der Waals surface area contributed by atoms with E-state index in [1.54, 1.807) is 0 Å². The molecular weight excluding hydrogens is 418 g/mol. The molecule has 1 heterocycles. The molecule has 0 aliphatic carbocycles. The van der Waals surface area contributed by atoms with Crippen LogP contribution in [-0.2, 0) is 10.0 Å². The minimum Gasteiger partial charge on any atom is -0.495 e. The normalized spacial score (nSPS) is 15.1. The van der Waals surface area contributed by atoms with Gasteiger partial charge in [-0.1, -0.05) is 6.42 Å². The first kappa shape index (κ1) is 22.0. The molecule has 3 rings (SSSR count). The molecule has 0 spiro atoms. The first-order valence-corrected chi connectivity index (χ1v) is 10.8. The van der Waals surface area contributed by atoms with Crippen molar-refractivity contribution in [2.75, 3.05) is 25.5 Å². The molecule has 1 saturated heterocycles. The van der Waals surface area contributed by atoms with Gasteiger partial charge in [-0.3, -0.25) is 4.79 Å². The summed E-state index contributed by atoms with van der Waals surface area (Å²) in [6, 6.07) is 9.42. The minimum absolute atomic E-state index is 0.0566.